The van der Waals surface area contributed by atoms with Gasteiger partial charge in [0, 0.05) is 38.7 Å². The Labute approximate surface area is 195 Å². The largest absolute Gasteiger partial charge is 0.384 e. The highest BCUT2D eigenvalue weighted by Crippen LogP contribution is 2.24. The third-order valence-electron chi connectivity index (χ3n) is 5.12. The van der Waals surface area contributed by atoms with Crippen molar-refractivity contribution in [1.29, 1.82) is 0 Å². The molecule has 8 nitrogen and oxygen atoms in total. The maximum absolute atomic E-state index is 13.6. The molecule has 0 amide bonds. The van der Waals surface area contributed by atoms with E-state index in [1.54, 1.807) is 71.7 Å². The van der Waals surface area contributed by atoms with Gasteiger partial charge in [-0.3, -0.25) is 13.6 Å². The standard InChI is InChI=1S/C23H17ClN6O2S/c1-33(32)18-4-2-3-17(11-18)30-22-19(13-27-30)23(31)29(16-8-6-15(24)7-9-16)21(28-22)14-5-10-20(25)26-12-14/h2-13H,1H3,(H2,25,26). The van der Waals surface area contributed by atoms with Crippen LogP contribution in [-0.4, -0.2) is 34.8 Å². The average Bonchev–Trinajstić information content (AvgIpc) is 3.25. The van der Waals surface area contributed by atoms with E-state index in [9.17, 15) is 9.00 Å². The Balaban J connectivity index is 1.82. The molecular weight excluding hydrogens is 460 g/mol. The Bertz CT molecular complexity index is 1580. The second-order valence-electron chi connectivity index (χ2n) is 7.27. The molecule has 0 aliphatic rings. The number of anilines is 1. The molecule has 2 aromatic carbocycles. The zero-order valence-corrected chi connectivity index (χ0v) is 18.9. The molecule has 3 aromatic heterocycles. The molecule has 0 aliphatic carbocycles. The van der Waals surface area contributed by atoms with Crippen LogP contribution >= 0.6 is 11.6 Å². The molecule has 1 atom stereocenters. The fraction of sp³-hybridized carbons (Fsp3) is 0.0435. The van der Waals surface area contributed by atoms with E-state index in [1.165, 1.54) is 10.8 Å². The van der Waals surface area contributed by atoms with Crippen LogP contribution < -0.4 is 11.3 Å². The first-order chi connectivity index (χ1) is 15.9. The van der Waals surface area contributed by atoms with Gasteiger partial charge in [0.05, 0.1) is 17.6 Å². The topological polar surface area (TPSA) is 109 Å². The van der Waals surface area contributed by atoms with Gasteiger partial charge in [0.15, 0.2) is 11.5 Å². The fourth-order valence-corrected chi connectivity index (χ4v) is 4.19. The summed E-state index contributed by atoms with van der Waals surface area (Å²) in [7, 11) is -1.16. The van der Waals surface area contributed by atoms with Crippen LogP contribution in [0.5, 0.6) is 0 Å². The normalized spacial score (nSPS) is 12.2. The lowest BCUT2D eigenvalue weighted by Crippen LogP contribution is -2.22. The van der Waals surface area contributed by atoms with E-state index in [4.69, 9.17) is 22.3 Å². The van der Waals surface area contributed by atoms with E-state index in [1.807, 2.05) is 6.07 Å². The maximum Gasteiger partial charge on any atom is 0.269 e. The number of nitrogens with zero attached hydrogens (tertiary/aromatic N) is 5. The molecule has 33 heavy (non-hydrogen) atoms. The Hall–Kier alpha value is -3.82. The number of aromatic nitrogens is 5. The molecule has 0 bridgehead atoms. The summed E-state index contributed by atoms with van der Waals surface area (Å²) in [6.07, 6.45) is 4.66. The van der Waals surface area contributed by atoms with Gasteiger partial charge >= 0.3 is 0 Å². The molecule has 164 valence electrons. The number of rotatable bonds is 4. The SMILES string of the molecule is CS(=O)c1cccc(-n2ncc3c(=O)n(-c4ccc(Cl)cc4)c(-c4ccc(N)nc4)nc32)c1. The molecular formula is C23H17ClN6O2S. The summed E-state index contributed by atoms with van der Waals surface area (Å²) in [4.78, 5) is 23.3. The van der Waals surface area contributed by atoms with E-state index in [2.05, 4.69) is 10.1 Å². The predicted octanol–water partition coefficient (Wildman–Crippen LogP) is 3.61. The number of fused-ring (bicyclic) bond motifs is 1. The van der Waals surface area contributed by atoms with Crippen molar-refractivity contribution in [2.75, 3.05) is 12.0 Å². The lowest BCUT2D eigenvalue weighted by Gasteiger charge is -2.13. The van der Waals surface area contributed by atoms with Gasteiger partial charge in [-0.25, -0.2) is 14.6 Å². The minimum Gasteiger partial charge on any atom is -0.384 e. The molecule has 0 aliphatic heterocycles. The Kier molecular flexibility index (Phi) is 5.27. The van der Waals surface area contributed by atoms with Gasteiger partial charge in [-0.05, 0) is 54.6 Å². The number of nitrogen functional groups attached to an aromatic ring is 1. The smallest absolute Gasteiger partial charge is 0.269 e. The van der Waals surface area contributed by atoms with Crippen LogP contribution in [0, 0.1) is 0 Å². The van der Waals surface area contributed by atoms with E-state index in [0.29, 0.717) is 49.5 Å². The number of halogens is 1. The fourth-order valence-electron chi connectivity index (χ4n) is 3.51. The minimum atomic E-state index is -1.16. The summed E-state index contributed by atoms with van der Waals surface area (Å²) in [6.45, 7) is 0. The summed E-state index contributed by atoms with van der Waals surface area (Å²) >= 11 is 6.05. The summed E-state index contributed by atoms with van der Waals surface area (Å²) in [5, 5.41) is 5.30. The van der Waals surface area contributed by atoms with Gasteiger partial charge in [0.25, 0.3) is 5.56 Å². The van der Waals surface area contributed by atoms with Crippen LogP contribution in [0.15, 0.2) is 82.7 Å². The van der Waals surface area contributed by atoms with Crippen LogP contribution in [0.2, 0.25) is 5.02 Å². The van der Waals surface area contributed by atoms with Crippen molar-refractivity contribution in [2.24, 2.45) is 0 Å². The third kappa shape index (κ3) is 3.81. The lowest BCUT2D eigenvalue weighted by molar-refractivity contribution is 0.686. The highest BCUT2D eigenvalue weighted by Gasteiger charge is 2.19. The molecule has 3 heterocycles. The van der Waals surface area contributed by atoms with Gasteiger partial charge in [-0.1, -0.05) is 17.7 Å². The van der Waals surface area contributed by atoms with Crippen molar-refractivity contribution in [1.82, 2.24) is 24.3 Å². The Morgan fingerprint density at radius 1 is 1.00 bits per heavy atom. The molecule has 0 saturated carbocycles. The second-order valence-corrected chi connectivity index (χ2v) is 9.09. The van der Waals surface area contributed by atoms with Gasteiger partial charge in [-0.2, -0.15) is 5.10 Å². The summed E-state index contributed by atoms with van der Waals surface area (Å²) < 4.78 is 15.0. The monoisotopic (exact) mass is 476 g/mol. The van der Waals surface area contributed by atoms with Crippen LogP contribution in [0.1, 0.15) is 0 Å². The average molecular weight is 477 g/mol. The maximum atomic E-state index is 13.6. The quantitative estimate of drug-likeness (QED) is 0.424. The second kappa shape index (κ2) is 8.27. The highest BCUT2D eigenvalue weighted by atomic mass is 35.5. The summed E-state index contributed by atoms with van der Waals surface area (Å²) in [5.74, 6) is 0.730. The van der Waals surface area contributed by atoms with Crippen molar-refractivity contribution < 1.29 is 4.21 Å². The third-order valence-corrected chi connectivity index (χ3v) is 6.29. The minimum absolute atomic E-state index is 0.296. The number of benzene rings is 2. The first kappa shape index (κ1) is 21.0. The Morgan fingerprint density at radius 3 is 2.48 bits per heavy atom. The lowest BCUT2D eigenvalue weighted by atomic mass is 10.2. The molecule has 5 aromatic rings. The van der Waals surface area contributed by atoms with Gasteiger partial charge in [0.1, 0.15) is 11.2 Å². The molecule has 5 rings (SSSR count). The number of pyridine rings is 1. The number of hydrogen-bond donors (Lipinski definition) is 1. The first-order valence-corrected chi connectivity index (χ1v) is 11.8. The molecule has 1 unspecified atom stereocenters. The van der Waals surface area contributed by atoms with E-state index < -0.39 is 10.8 Å². The van der Waals surface area contributed by atoms with Crippen molar-refractivity contribution >= 4 is 39.3 Å². The predicted molar refractivity (Wildman–Crippen MR) is 129 cm³/mol. The highest BCUT2D eigenvalue weighted by molar-refractivity contribution is 7.84. The molecule has 0 fully saturated rings. The van der Waals surface area contributed by atoms with Gasteiger partial charge < -0.3 is 5.73 Å². The van der Waals surface area contributed by atoms with Crippen LogP contribution in [0.4, 0.5) is 5.82 Å². The van der Waals surface area contributed by atoms with Crippen LogP contribution in [0.25, 0.3) is 33.8 Å². The zero-order valence-electron chi connectivity index (χ0n) is 17.3. The van der Waals surface area contributed by atoms with Crippen molar-refractivity contribution in [3.05, 3.63) is 88.4 Å². The molecule has 0 radical (unpaired) electrons. The first-order valence-electron chi connectivity index (χ1n) is 9.85. The molecule has 0 saturated heterocycles. The summed E-state index contributed by atoms with van der Waals surface area (Å²) in [6, 6.07) is 17.5. The van der Waals surface area contributed by atoms with Crippen molar-refractivity contribution in [3.63, 3.8) is 0 Å². The van der Waals surface area contributed by atoms with E-state index in [-0.39, 0.29) is 5.56 Å². The van der Waals surface area contributed by atoms with Crippen LogP contribution in [0.3, 0.4) is 0 Å². The van der Waals surface area contributed by atoms with E-state index in [0.717, 1.165) is 0 Å². The molecule has 0 spiro atoms. The zero-order chi connectivity index (χ0) is 23.1. The van der Waals surface area contributed by atoms with Crippen LogP contribution in [-0.2, 0) is 10.8 Å². The van der Waals surface area contributed by atoms with E-state index >= 15 is 0 Å². The number of nitrogens with two attached hydrogens (primary N) is 1. The van der Waals surface area contributed by atoms with Gasteiger partial charge in [0.2, 0.25) is 0 Å². The summed E-state index contributed by atoms with van der Waals surface area (Å²) in [5.41, 5.74) is 7.69. The molecule has 2 N–H and O–H groups in total. The molecule has 10 heteroatoms. The Morgan fingerprint density at radius 2 is 1.79 bits per heavy atom. The van der Waals surface area contributed by atoms with Gasteiger partial charge in [-0.15, -0.1) is 0 Å². The van der Waals surface area contributed by atoms with Crippen molar-refractivity contribution in [2.45, 2.75) is 4.90 Å². The number of hydrogen-bond acceptors (Lipinski definition) is 6. The van der Waals surface area contributed by atoms with Crippen molar-refractivity contribution in [3.8, 4) is 22.8 Å².